The molecule has 1 aliphatic heterocycles. The summed E-state index contributed by atoms with van der Waals surface area (Å²) in [5.74, 6) is 0.587. The van der Waals surface area contributed by atoms with Crippen molar-refractivity contribution in [2.75, 3.05) is 19.8 Å². The fraction of sp³-hybridized carbons (Fsp3) is 0.500. The third-order valence-corrected chi connectivity index (χ3v) is 3.94. The minimum Gasteiger partial charge on any atom is -0.484 e. The SMILES string of the molecule is Cc1cc(OCC(=O)NCC2CCCO2)ccc1Br. The van der Waals surface area contributed by atoms with Crippen LogP contribution in [0.1, 0.15) is 18.4 Å². The Labute approximate surface area is 121 Å². The first kappa shape index (κ1) is 14.3. The van der Waals surface area contributed by atoms with Crippen LogP contribution in [0.3, 0.4) is 0 Å². The second kappa shape index (κ2) is 6.91. The number of ether oxygens (including phenoxy) is 2. The number of carbonyl (C=O) groups excluding carboxylic acids is 1. The molecule has 5 heteroatoms. The van der Waals surface area contributed by atoms with Gasteiger partial charge in [-0.15, -0.1) is 0 Å². The molecule has 0 spiro atoms. The van der Waals surface area contributed by atoms with E-state index in [1.165, 1.54) is 0 Å². The molecule has 1 unspecified atom stereocenters. The van der Waals surface area contributed by atoms with Crippen molar-refractivity contribution in [1.29, 1.82) is 0 Å². The molecular formula is C14H18BrNO3. The molecule has 1 saturated heterocycles. The summed E-state index contributed by atoms with van der Waals surface area (Å²) in [5.41, 5.74) is 1.08. The Bertz CT molecular complexity index is 444. The van der Waals surface area contributed by atoms with Crippen LogP contribution >= 0.6 is 15.9 Å². The molecule has 4 nitrogen and oxygen atoms in total. The zero-order chi connectivity index (χ0) is 13.7. The molecular weight excluding hydrogens is 310 g/mol. The van der Waals surface area contributed by atoms with Gasteiger partial charge < -0.3 is 14.8 Å². The van der Waals surface area contributed by atoms with E-state index in [0.717, 1.165) is 29.5 Å². The van der Waals surface area contributed by atoms with Crippen molar-refractivity contribution in [2.45, 2.75) is 25.9 Å². The van der Waals surface area contributed by atoms with E-state index < -0.39 is 0 Å². The lowest BCUT2D eigenvalue weighted by molar-refractivity contribution is -0.123. The number of hydrogen-bond acceptors (Lipinski definition) is 3. The maximum Gasteiger partial charge on any atom is 0.258 e. The number of hydrogen-bond donors (Lipinski definition) is 1. The van der Waals surface area contributed by atoms with E-state index >= 15 is 0 Å². The zero-order valence-electron chi connectivity index (χ0n) is 10.9. The normalized spacial score (nSPS) is 18.3. The van der Waals surface area contributed by atoms with Crippen LogP contribution in [0, 0.1) is 6.92 Å². The predicted octanol–water partition coefficient (Wildman–Crippen LogP) is 2.43. The van der Waals surface area contributed by atoms with Gasteiger partial charge in [-0.25, -0.2) is 0 Å². The van der Waals surface area contributed by atoms with E-state index in [-0.39, 0.29) is 18.6 Å². The van der Waals surface area contributed by atoms with Gasteiger partial charge in [0.05, 0.1) is 6.10 Å². The summed E-state index contributed by atoms with van der Waals surface area (Å²) in [4.78, 5) is 11.6. The fourth-order valence-corrected chi connectivity index (χ4v) is 2.19. The highest BCUT2D eigenvalue weighted by molar-refractivity contribution is 9.10. The van der Waals surface area contributed by atoms with Gasteiger partial charge in [-0.05, 0) is 43.5 Å². The molecule has 19 heavy (non-hydrogen) atoms. The number of nitrogens with one attached hydrogen (secondary N) is 1. The average molecular weight is 328 g/mol. The number of halogens is 1. The van der Waals surface area contributed by atoms with Gasteiger partial charge in [0.15, 0.2) is 6.61 Å². The summed E-state index contributed by atoms with van der Waals surface area (Å²) < 4.78 is 11.9. The molecule has 0 bridgehead atoms. The summed E-state index contributed by atoms with van der Waals surface area (Å²) in [7, 11) is 0. The second-order valence-electron chi connectivity index (χ2n) is 4.64. The highest BCUT2D eigenvalue weighted by Crippen LogP contribution is 2.21. The average Bonchev–Trinajstić information content (AvgIpc) is 2.91. The number of amides is 1. The van der Waals surface area contributed by atoms with Crippen LogP contribution in [0.4, 0.5) is 0 Å². The van der Waals surface area contributed by atoms with Gasteiger partial charge in [0, 0.05) is 17.6 Å². The van der Waals surface area contributed by atoms with Crippen molar-refractivity contribution in [3.8, 4) is 5.75 Å². The molecule has 0 aromatic heterocycles. The van der Waals surface area contributed by atoms with Gasteiger partial charge in [-0.3, -0.25) is 4.79 Å². The van der Waals surface area contributed by atoms with E-state index in [1.807, 2.05) is 25.1 Å². The topological polar surface area (TPSA) is 47.6 Å². The van der Waals surface area contributed by atoms with E-state index in [1.54, 1.807) is 0 Å². The number of benzene rings is 1. The molecule has 0 aliphatic carbocycles. The van der Waals surface area contributed by atoms with E-state index in [4.69, 9.17) is 9.47 Å². The lowest BCUT2D eigenvalue weighted by Crippen LogP contribution is -2.35. The Morgan fingerprint density at radius 1 is 1.58 bits per heavy atom. The fourth-order valence-electron chi connectivity index (χ4n) is 1.94. The second-order valence-corrected chi connectivity index (χ2v) is 5.49. The van der Waals surface area contributed by atoms with Crippen molar-refractivity contribution in [3.63, 3.8) is 0 Å². The van der Waals surface area contributed by atoms with Crippen LogP contribution in [-0.2, 0) is 9.53 Å². The summed E-state index contributed by atoms with van der Waals surface area (Å²) in [6.45, 7) is 3.39. The summed E-state index contributed by atoms with van der Waals surface area (Å²) >= 11 is 3.42. The maximum atomic E-state index is 11.6. The molecule has 1 N–H and O–H groups in total. The number of aryl methyl sites for hydroxylation is 1. The summed E-state index contributed by atoms with van der Waals surface area (Å²) in [6, 6.07) is 5.65. The van der Waals surface area contributed by atoms with Crippen LogP contribution in [0.15, 0.2) is 22.7 Å². The van der Waals surface area contributed by atoms with Gasteiger partial charge in [0.2, 0.25) is 0 Å². The Kier molecular flexibility index (Phi) is 5.22. The quantitative estimate of drug-likeness (QED) is 0.903. The van der Waals surface area contributed by atoms with Gasteiger partial charge in [0.1, 0.15) is 5.75 Å². The van der Waals surface area contributed by atoms with E-state index in [9.17, 15) is 4.79 Å². The Hall–Kier alpha value is -1.07. The van der Waals surface area contributed by atoms with Crippen molar-refractivity contribution < 1.29 is 14.3 Å². The van der Waals surface area contributed by atoms with Crippen molar-refractivity contribution in [1.82, 2.24) is 5.32 Å². The van der Waals surface area contributed by atoms with E-state index in [0.29, 0.717) is 12.3 Å². The van der Waals surface area contributed by atoms with Gasteiger partial charge in [-0.1, -0.05) is 15.9 Å². The van der Waals surface area contributed by atoms with Gasteiger partial charge in [0.25, 0.3) is 5.91 Å². The van der Waals surface area contributed by atoms with Crippen LogP contribution in [0.2, 0.25) is 0 Å². The van der Waals surface area contributed by atoms with Crippen LogP contribution in [0.25, 0.3) is 0 Å². The number of carbonyl (C=O) groups is 1. The first-order valence-corrected chi connectivity index (χ1v) is 7.21. The molecule has 1 heterocycles. The zero-order valence-corrected chi connectivity index (χ0v) is 12.5. The Morgan fingerprint density at radius 2 is 2.42 bits per heavy atom. The largest absolute Gasteiger partial charge is 0.484 e. The summed E-state index contributed by atoms with van der Waals surface area (Å²) in [5, 5.41) is 2.82. The molecule has 1 aromatic carbocycles. The highest BCUT2D eigenvalue weighted by Gasteiger charge is 2.16. The minimum atomic E-state index is -0.115. The van der Waals surface area contributed by atoms with Crippen molar-refractivity contribution >= 4 is 21.8 Å². The first-order valence-electron chi connectivity index (χ1n) is 6.42. The Balaban J connectivity index is 1.71. The summed E-state index contributed by atoms with van der Waals surface area (Å²) in [6.07, 6.45) is 2.27. The number of rotatable bonds is 5. The molecule has 1 aromatic rings. The van der Waals surface area contributed by atoms with Crippen molar-refractivity contribution in [2.24, 2.45) is 0 Å². The smallest absolute Gasteiger partial charge is 0.258 e. The standard InChI is InChI=1S/C14H18BrNO3/c1-10-7-11(4-5-13(10)15)19-9-14(17)16-8-12-3-2-6-18-12/h4-5,7,12H,2-3,6,8-9H2,1H3,(H,16,17). The van der Waals surface area contributed by atoms with Crippen LogP contribution < -0.4 is 10.1 Å². The molecule has 104 valence electrons. The van der Waals surface area contributed by atoms with Gasteiger partial charge in [-0.2, -0.15) is 0 Å². The van der Waals surface area contributed by atoms with Crippen molar-refractivity contribution in [3.05, 3.63) is 28.2 Å². The lowest BCUT2D eigenvalue weighted by Gasteiger charge is -2.11. The van der Waals surface area contributed by atoms with Gasteiger partial charge >= 0.3 is 0 Å². The molecule has 1 amide bonds. The molecule has 2 rings (SSSR count). The van der Waals surface area contributed by atoms with E-state index in [2.05, 4.69) is 21.2 Å². The lowest BCUT2D eigenvalue weighted by atomic mass is 10.2. The minimum absolute atomic E-state index is 0.0355. The molecule has 0 saturated carbocycles. The molecule has 0 radical (unpaired) electrons. The monoisotopic (exact) mass is 327 g/mol. The molecule has 1 aliphatic rings. The highest BCUT2D eigenvalue weighted by atomic mass is 79.9. The third kappa shape index (κ3) is 4.51. The molecule has 1 atom stereocenters. The van der Waals surface area contributed by atoms with Crippen LogP contribution in [-0.4, -0.2) is 31.8 Å². The molecule has 1 fully saturated rings. The van der Waals surface area contributed by atoms with Crippen LogP contribution in [0.5, 0.6) is 5.75 Å². The first-order chi connectivity index (χ1) is 9.15. The third-order valence-electron chi connectivity index (χ3n) is 3.05. The predicted molar refractivity (Wildman–Crippen MR) is 76.4 cm³/mol. The maximum absolute atomic E-state index is 11.6. The Morgan fingerprint density at radius 3 is 3.11 bits per heavy atom.